The Morgan fingerprint density at radius 3 is 2.79 bits per heavy atom. The summed E-state index contributed by atoms with van der Waals surface area (Å²) in [6, 6.07) is 16.4. The van der Waals surface area contributed by atoms with Crippen molar-refractivity contribution in [2.75, 3.05) is 12.1 Å². The predicted octanol–water partition coefficient (Wildman–Crippen LogP) is 2.97. The van der Waals surface area contributed by atoms with Gasteiger partial charge in [0.05, 0.1) is 17.4 Å². The summed E-state index contributed by atoms with van der Waals surface area (Å²) in [5.41, 5.74) is 8.93. The molecular weight excluding hydrogens is 358 g/mol. The molecule has 3 heterocycles. The second-order valence-electron chi connectivity index (χ2n) is 6.24. The van der Waals surface area contributed by atoms with Gasteiger partial charge in [0.2, 0.25) is 18.6 Å². The number of hydrogen-bond donors (Lipinski definition) is 2. The van der Waals surface area contributed by atoms with Gasteiger partial charge in [0.25, 0.3) is 0 Å². The molecule has 28 heavy (non-hydrogen) atoms. The van der Waals surface area contributed by atoms with Gasteiger partial charge in [-0.25, -0.2) is 9.50 Å². The number of anilines is 2. The molecule has 3 N–H and O–H groups in total. The van der Waals surface area contributed by atoms with E-state index in [0.29, 0.717) is 23.0 Å². The molecule has 0 saturated carbocycles. The number of para-hydroxylation sites is 1. The van der Waals surface area contributed by atoms with Crippen molar-refractivity contribution in [2.45, 2.75) is 0 Å². The second-order valence-corrected chi connectivity index (χ2v) is 6.24. The van der Waals surface area contributed by atoms with Gasteiger partial charge in [0.15, 0.2) is 11.5 Å². The number of nitrogens with two attached hydrogens (primary N) is 1. The summed E-state index contributed by atoms with van der Waals surface area (Å²) < 4.78 is 12.8. The fourth-order valence-corrected chi connectivity index (χ4v) is 3.13. The lowest BCUT2D eigenvalue weighted by Crippen LogP contribution is -2.10. The van der Waals surface area contributed by atoms with Crippen LogP contribution >= 0.6 is 0 Å². The molecule has 0 saturated heterocycles. The molecule has 2 aromatic carbocycles. The molecule has 1 aliphatic rings. The summed E-state index contributed by atoms with van der Waals surface area (Å²) in [5, 5.41) is 7.57. The SMILES string of the molecule is NC(=O)c1ccc(Nc2nc(-c3cccc4c3OCO4)cc3ccnn23)cc1. The van der Waals surface area contributed by atoms with E-state index in [1.54, 1.807) is 35.0 Å². The van der Waals surface area contributed by atoms with E-state index in [1.807, 2.05) is 30.3 Å². The molecule has 0 radical (unpaired) electrons. The highest BCUT2D eigenvalue weighted by atomic mass is 16.7. The lowest BCUT2D eigenvalue weighted by Gasteiger charge is -2.11. The maximum Gasteiger partial charge on any atom is 0.248 e. The van der Waals surface area contributed by atoms with Gasteiger partial charge in [-0.1, -0.05) is 6.07 Å². The molecule has 8 heteroatoms. The Kier molecular flexibility index (Phi) is 3.61. The molecule has 0 aliphatic carbocycles. The summed E-state index contributed by atoms with van der Waals surface area (Å²) in [6.07, 6.45) is 1.71. The minimum atomic E-state index is -0.471. The number of carbonyl (C=O) groups is 1. The van der Waals surface area contributed by atoms with Crippen molar-refractivity contribution in [1.29, 1.82) is 0 Å². The van der Waals surface area contributed by atoms with Crippen molar-refractivity contribution in [2.24, 2.45) is 5.73 Å². The topological polar surface area (TPSA) is 104 Å². The first-order valence-corrected chi connectivity index (χ1v) is 8.60. The summed E-state index contributed by atoms with van der Waals surface area (Å²) in [4.78, 5) is 16.0. The number of benzene rings is 2. The third-order valence-electron chi connectivity index (χ3n) is 4.48. The van der Waals surface area contributed by atoms with E-state index < -0.39 is 5.91 Å². The number of carbonyl (C=O) groups excluding carboxylic acids is 1. The van der Waals surface area contributed by atoms with Crippen LogP contribution in [-0.2, 0) is 0 Å². The zero-order valence-corrected chi connectivity index (χ0v) is 14.6. The molecule has 1 aliphatic heterocycles. The molecular formula is C20H15N5O3. The standard InChI is InChI=1S/C20H15N5O3/c21-19(26)12-4-6-13(7-5-12)23-20-24-16(10-14-8-9-22-25(14)20)15-2-1-3-17-18(15)28-11-27-17/h1-10H,11H2,(H2,21,26)(H,23,24). The van der Waals surface area contributed by atoms with Crippen molar-refractivity contribution < 1.29 is 14.3 Å². The van der Waals surface area contributed by atoms with E-state index in [-0.39, 0.29) is 6.79 Å². The number of fused-ring (bicyclic) bond motifs is 2. The van der Waals surface area contributed by atoms with Gasteiger partial charge >= 0.3 is 0 Å². The van der Waals surface area contributed by atoms with E-state index in [1.165, 1.54) is 0 Å². The Labute approximate surface area is 159 Å². The minimum absolute atomic E-state index is 0.193. The normalized spacial score (nSPS) is 12.3. The van der Waals surface area contributed by atoms with Gasteiger partial charge in [0, 0.05) is 16.8 Å². The van der Waals surface area contributed by atoms with Crippen LogP contribution in [0.2, 0.25) is 0 Å². The quantitative estimate of drug-likeness (QED) is 0.570. The van der Waals surface area contributed by atoms with Crippen molar-refractivity contribution in [3.63, 3.8) is 0 Å². The average molecular weight is 373 g/mol. The van der Waals surface area contributed by atoms with E-state index in [9.17, 15) is 4.79 Å². The molecule has 0 atom stereocenters. The number of hydrogen-bond acceptors (Lipinski definition) is 6. The van der Waals surface area contributed by atoms with Gasteiger partial charge in [-0.2, -0.15) is 5.10 Å². The largest absolute Gasteiger partial charge is 0.454 e. The highest BCUT2D eigenvalue weighted by Gasteiger charge is 2.20. The molecule has 2 aromatic heterocycles. The Morgan fingerprint density at radius 2 is 1.96 bits per heavy atom. The Hall–Kier alpha value is -4.07. The Bertz CT molecular complexity index is 1200. The van der Waals surface area contributed by atoms with Gasteiger partial charge < -0.3 is 20.5 Å². The second kappa shape index (κ2) is 6.27. The highest BCUT2D eigenvalue weighted by molar-refractivity contribution is 5.93. The number of nitrogens with one attached hydrogen (secondary N) is 1. The lowest BCUT2D eigenvalue weighted by molar-refractivity contribution is 0.100. The van der Waals surface area contributed by atoms with Crippen LogP contribution in [0.5, 0.6) is 11.5 Å². The average Bonchev–Trinajstić information content (AvgIpc) is 3.37. The van der Waals surface area contributed by atoms with Crippen LogP contribution in [0, 0.1) is 0 Å². The van der Waals surface area contributed by atoms with Crippen LogP contribution < -0.4 is 20.5 Å². The van der Waals surface area contributed by atoms with Crippen molar-refractivity contribution in [3.8, 4) is 22.8 Å². The maximum absolute atomic E-state index is 11.3. The number of amides is 1. The fraction of sp³-hybridized carbons (Fsp3) is 0.0500. The van der Waals surface area contributed by atoms with Crippen LogP contribution in [0.4, 0.5) is 11.6 Å². The summed E-state index contributed by atoms with van der Waals surface area (Å²) in [6.45, 7) is 0.193. The first-order valence-electron chi connectivity index (χ1n) is 8.60. The minimum Gasteiger partial charge on any atom is -0.454 e. The van der Waals surface area contributed by atoms with Gasteiger partial charge in [-0.15, -0.1) is 0 Å². The number of ether oxygens (including phenoxy) is 2. The summed E-state index contributed by atoms with van der Waals surface area (Å²) in [5.74, 6) is 1.43. The molecule has 0 bridgehead atoms. The molecule has 4 aromatic rings. The van der Waals surface area contributed by atoms with Crippen molar-refractivity contribution in [1.82, 2.24) is 14.6 Å². The highest BCUT2D eigenvalue weighted by Crippen LogP contribution is 2.41. The van der Waals surface area contributed by atoms with E-state index in [4.69, 9.17) is 20.2 Å². The monoisotopic (exact) mass is 373 g/mol. The zero-order valence-electron chi connectivity index (χ0n) is 14.6. The molecule has 138 valence electrons. The van der Waals surface area contributed by atoms with Crippen LogP contribution in [0.3, 0.4) is 0 Å². The zero-order chi connectivity index (χ0) is 19.1. The van der Waals surface area contributed by atoms with Crippen molar-refractivity contribution >= 4 is 23.1 Å². The number of primary amides is 1. The molecule has 0 fully saturated rings. The lowest BCUT2D eigenvalue weighted by atomic mass is 10.1. The van der Waals surface area contributed by atoms with Gasteiger partial charge in [-0.05, 0) is 48.5 Å². The van der Waals surface area contributed by atoms with Crippen LogP contribution in [-0.4, -0.2) is 27.3 Å². The summed E-state index contributed by atoms with van der Waals surface area (Å²) in [7, 11) is 0. The number of rotatable bonds is 4. The molecule has 5 rings (SSSR count). The molecule has 0 spiro atoms. The maximum atomic E-state index is 11.3. The fourth-order valence-electron chi connectivity index (χ4n) is 3.13. The summed E-state index contributed by atoms with van der Waals surface area (Å²) >= 11 is 0. The Balaban J connectivity index is 1.59. The van der Waals surface area contributed by atoms with Crippen LogP contribution in [0.1, 0.15) is 10.4 Å². The van der Waals surface area contributed by atoms with Gasteiger partial charge in [0.1, 0.15) is 0 Å². The van der Waals surface area contributed by atoms with Crippen LogP contribution in [0.15, 0.2) is 60.8 Å². The molecule has 0 unspecified atom stereocenters. The smallest absolute Gasteiger partial charge is 0.248 e. The molecule has 8 nitrogen and oxygen atoms in total. The third kappa shape index (κ3) is 2.67. The first-order chi connectivity index (χ1) is 13.7. The predicted molar refractivity (Wildman–Crippen MR) is 103 cm³/mol. The van der Waals surface area contributed by atoms with E-state index >= 15 is 0 Å². The third-order valence-corrected chi connectivity index (χ3v) is 4.48. The first kappa shape index (κ1) is 16.1. The molecule has 1 amide bonds. The Morgan fingerprint density at radius 1 is 1.11 bits per heavy atom. The van der Waals surface area contributed by atoms with E-state index in [0.717, 1.165) is 22.5 Å². The van der Waals surface area contributed by atoms with E-state index in [2.05, 4.69) is 10.4 Å². The number of aromatic nitrogens is 3. The number of nitrogens with zero attached hydrogens (tertiary/aromatic N) is 3. The van der Waals surface area contributed by atoms with Gasteiger partial charge in [-0.3, -0.25) is 4.79 Å². The van der Waals surface area contributed by atoms with Crippen molar-refractivity contribution in [3.05, 3.63) is 66.4 Å². The van der Waals surface area contributed by atoms with Crippen LogP contribution in [0.25, 0.3) is 16.8 Å².